The Kier molecular flexibility index (Phi) is 4.40. The minimum Gasteiger partial charge on any atom is -0.310 e. The molecule has 2 unspecified atom stereocenters. The van der Waals surface area contributed by atoms with Crippen molar-refractivity contribution in [3.8, 4) is 0 Å². The molecule has 1 aliphatic carbocycles. The molecule has 0 radical (unpaired) electrons. The van der Waals surface area contributed by atoms with E-state index in [-0.39, 0.29) is 0 Å². The highest BCUT2D eigenvalue weighted by molar-refractivity contribution is 5.40. The van der Waals surface area contributed by atoms with Gasteiger partial charge < -0.3 is 5.32 Å². The Balaban J connectivity index is 1.73. The summed E-state index contributed by atoms with van der Waals surface area (Å²) >= 11 is 0. The molecule has 1 aliphatic rings. The molecular formula is C20H25N. The summed E-state index contributed by atoms with van der Waals surface area (Å²) in [5.74, 6) is 0.719. The molecule has 1 nitrogen and oxygen atoms in total. The van der Waals surface area contributed by atoms with Crippen LogP contribution in [0.5, 0.6) is 0 Å². The van der Waals surface area contributed by atoms with Crippen LogP contribution in [0.2, 0.25) is 0 Å². The Labute approximate surface area is 128 Å². The largest absolute Gasteiger partial charge is 0.310 e. The third-order valence-electron chi connectivity index (χ3n) is 4.60. The molecule has 0 saturated heterocycles. The molecule has 2 aromatic carbocycles. The summed E-state index contributed by atoms with van der Waals surface area (Å²) in [6.07, 6.45) is 3.63. The van der Waals surface area contributed by atoms with Gasteiger partial charge in [0.15, 0.2) is 0 Å². The van der Waals surface area contributed by atoms with Gasteiger partial charge in [-0.1, -0.05) is 61.0 Å². The average molecular weight is 279 g/mol. The van der Waals surface area contributed by atoms with Crippen LogP contribution in [0.3, 0.4) is 0 Å². The molecule has 21 heavy (non-hydrogen) atoms. The van der Waals surface area contributed by atoms with Gasteiger partial charge in [0.25, 0.3) is 0 Å². The Morgan fingerprint density at radius 3 is 2.57 bits per heavy atom. The lowest BCUT2D eigenvalue weighted by Crippen LogP contribution is -2.27. The fraction of sp³-hybridized carbons (Fsp3) is 0.400. The monoisotopic (exact) mass is 279 g/mol. The Morgan fingerprint density at radius 2 is 1.86 bits per heavy atom. The van der Waals surface area contributed by atoms with Crippen molar-refractivity contribution in [2.24, 2.45) is 0 Å². The molecule has 0 aromatic heterocycles. The van der Waals surface area contributed by atoms with Crippen molar-refractivity contribution in [2.75, 3.05) is 6.54 Å². The van der Waals surface area contributed by atoms with Gasteiger partial charge in [0.1, 0.15) is 0 Å². The van der Waals surface area contributed by atoms with Crippen LogP contribution in [0, 0.1) is 6.92 Å². The van der Waals surface area contributed by atoms with Crippen molar-refractivity contribution in [2.45, 2.75) is 45.1 Å². The summed E-state index contributed by atoms with van der Waals surface area (Å²) in [4.78, 5) is 0. The number of fused-ring (bicyclic) bond motifs is 1. The van der Waals surface area contributed by atoms with Gasteiger partial charge in [0.2, 0.25) is 0 Å². The molecular weight excluding hydrogens is 254 g/mol. The van der Waals surface area contributed by atoms with E-state index < -0.39 is 0 Å². The van der Waals surface area contributed by atoms with Gasteiger partial charge in [-0.2, -0.15) is 0 Å². The minimum atomic E-state index is 0.476. The fourth-order valence-electron chi connectivity index (χ4n) is 3.31. The lowest BCUT2D eigenvalue weighted by Gasteiger charge is -2.33. The Hall–Kier alpha value is -1.60. The summed E-state index contributed by atoms with van der Waals surface area (Å²) in [5.41, 5.74) is 5.87. The van der Waals surface area contributed by atoms with Crippen LogP contribution in [0.15, 0.2) is 48.5 Å². The topological polar surface area (TPSA) is 12.0 Å². The number of hydrogen-bond donors (Lipinski definition) is 1. The predicted molar refractivity (Wildman–Crippen MR) is 89.7 cm³/mol. The van der Waals surface area contributed by atoms with Crippen molar-refractivity contribution in [3.63, 3.8) is 0 Å². The lowest BCUT2D eigenvalue weighted by molar-refractivity contribution is 0.428. The maximum atomic E-state index is 3.74. The van der Waals surface area contributed by atoms with E-state index in [0.29, 0.717) is 6.04 Å². The highest BCUT2D eigenvalue weighted by Gasteiger charge is 2.28. The minimum absolute atomic E-state index is 0.476. The number of aryl methyl sites for hydroxylation is 1. The molecule has 0 fully saturated rings. The van der Waals surface area contributed by atoms with Crippen molar-refractivity contribution in [1.29, 1.82) is 0 Å². The van der Waals surface area contributed by atoms with Crippen molar-refractivity contribution in [1.82, 2.24) is 5.32 Å². The van der Waals surface area contributed by atoms with Gasteiger partial charge in [-0.3, -0.25) is 0 Å². The Bertz CT molecular complexity index is 585. The second-order valence-corrected chi connectivity index (χ2v) is 6.25. The number of benzene rings is 2. The Morgan fingerprint density at radius 1 is 1.10 bits per heavy atom. The molecule has 0 aliphatic heterocycles. The zero-order chi connectivity index (χ0) is 14.7. The number of nitrogens with one attached hydrogen (secondary N) is 1. The molecule has 0 saturated carbocycles. The van der Waals surface area contributed by atoms with Crippen LogP contribution >= 0.6 is 0 Å². The van der Waals surface area contributed by atoms with E-state index in [4.69, 9.17) is 0 Å². The maximum absolute atomic E-state index is 3.74. The highest BCUT2D eigenvalue weighted by atomic mass is 14.9. The lowest BCUT2D eigenvalue weighted by atomic mass is 9.73. The van der Waals surface area contributed by atoms with Gasteiger partial charge in [0.05, 0.1) is 0 Å². The van der Waals surface area contributed by atoms with Crippen molar-refractivity contribution in [3.05, 3.63) is 70.8 Å². The zero-order valence-corrected chi connectivity index (χ0v) is 13.1. The van der Waals surface area contributed by atoms with Crippen LogP contribution < -0.4 is 5.32 Å². The molecule has 1 N–H and O–H groups in total. The summed E-state index contributed by atoms with van der Waals surface area (Å²) in [6.45, 7) is 5.48. The van der Waals surface area contributed by atoms with Gasteiger partial charge in [-0.15, -0.1) is 0 Å². The smallest absolute Gasteiger partial charge is 0.0326 e. The van der Waals surface area contributed by atoms with E-state index >= 15 is 0 Å². The van der Waals surface area contributed by atoms with E-state index in [9.17, 15) is 0 Å². The molecule has 0 spiro atoms. The first-order valence-electron chi connectivity index (χ1n) is 8.15. The number of hydrogen-bond acceptors (Lipinski definition) is 1. The average Bonchev–Trinajstić information content (AvgIpc) is 2.49. The summed E-state index contributed by atoms with van der Waals surface area (Å²) < 4.78 is 0. The van der Waals surface area contributed by atoms with Crippen molar-refractivity contribution >= 4 is 0 Å². The van der Waals surface area contributed by atoms with E-state index in [2.05, 4.69) is 67.7 Å². The normalized spacial score (nSPS) is 17.9. The molecule has 110 valence electrons. The summed E-state index contributed by atoms with van der Waals surface area (Å²) in [5, 5.41) is 3.74. The molecule has 3 rings (SSSR count). The SMILES string of the molecule is CCCNC(CC1Cc2ccccc21)c1ccc(C)cc1. The van der Waals surface area contributed by atoms with Gasteiger partial charge in [-0.05, 0) is 55.3 Å². The predicted octanol–water partition coefficient (Wildman–Crippen LogP) is 4.77. The molecule has 2 atom stereocenters. The van der Waals surface area contributed by atoms with Crippen LogP contribution in [0.25, 0.3) is 0 Å². The molecule has 0 heterocycles. The highest BCUT2D eigenvalue weighted by Crippen LogP contribution is 2.40. The summed E-state index contributed by atoms with van der Waals surface area (Å²) in [6, 6.07) is 18.4. The van der Waals surface area contributed by atoms with Crippen LogP contribution in [-0.2, 0) is 6.42 Å². The standard InChI is InChI=1S/C20H25N/c1-3-12-21-20(16-10-8-15(2)9-11-16)14-18-13-17-6-4-5-7-19(17)18/h4-11,18,20-21H,3,12-14H2,1-2H3. The third-order valence-corrected chi connectivity index (χ3v) is 4.60. The number of rotatable bonds is 6. The van der Waals surface area contributed by atoms with E-state index in [1.54, 1.807) is 11.1 Å². The molecule has 2 aromatic rings. The van der Waals surface area contributed by atoms with E-state index in [0.717, 1.165) is 12.5 Å². The quantitative estimate of drug-likeness (QED) is 0.803. The second kappa shape index (κ2) is 6.44. The maximum Gasteiger partial charge on any atom is 0.0326 e. The molecule has 1 heteroatoms. The first-order chi connectivity index (χ1) is 10.3. The second-order valence-electron chi connectivity index (χ2n) is 6.25. The van der Waals surface area contributed by atoms with E-state index in [1.807, 2.05) is 0 Å². The zero-order valence-electron chi connectivity index (χ0n) is 13.1. The third kappa shape index (κ3) is 3.19. The van der Waals surface area contributed by atoms with Crippen LogP contribution in [0.1, 0.15) is 54.0 Å². The van der Waals surface area contributed by atoms with Gasteiger partial charge in [0, 0.05) is 6.04 Å². The van der Waals surface area contributed by atoms with Crippen LogP contribution in [-0.4, -0.2) is 6.54 Å². The first-order valence-corrected chi connectivity index (χ1v) is 8.15. The summed E-state index contributed by atoms with van der Waals surface area (Å²) in [7, 11) is 0. The molecule has 0 amide bonds. The van der Waals surface area contributed by atoms with Gasteiger partial charge in [-0.25, -0.2) is 0 Å². The van der Waals surface area contributed by atoms with E-state index in [1.165, 1.54) is 30.4 Å². The first kappa shape index (κ1) is 14.3. The molecule has 0 bridgehead atoms. The van der Waals surface area contributed by atoms with Crippen LogP contribution in [0.4, 0.5) is 0 Å². The van der Waals surface area contributed by atoms with Gasteiger partial charge >= 0.3 is 0 Å². The fourth-order valence-corrected chi connectivity index (χ4v) is 3.31. The van der Waals surface area contributed by atoms with Crippen molar-refractivity contribution < 1.29 is 0 Å².